The van der Waals surface area contributed by atoms with Gasteiger partial charge in [0, 0.05) is 18.7 Å². The first-order chi connectivity index (χ1) is 18.6. The fraction of sp³-hybridized carbons (Fsp3) is 0.355. The molecule has 0 atom stereocenters. The fourth-order valence-electron chi connectivity index (χ4n) is 5.42. The van der Waals surface area contributed by atoms with Gasteiger partial charge in [0.2, 0.25) is 5.95 Å². The van der Waals surface area contributed by atoms with E-state index >= 15 is 0 Å². The molecule has 1 saturated carbocycles. The summed E-state index contributed by atoms with van der Waals surface area (Å²) in [7, 11) is 1.62. The van der Waals surface area contributed by atoms with E-state index in [1.165, 1.54) is 19.3 Å². The first-order valence-corrected chi connectivity index (χ1v) is 13.5. The van der Waals surface area contributed by atoms with Crippen LogP contribution in [0, 0.1) is 0 Å². The Labute approximate surface area is 224 Å². The molecule has 198 valence electrons. The summed E-state index contributed by atoms with van der Waals surface area (Å²) in [6, 6.07) is 21.5. The number of hydrogen-bond donors (Lipinski definition) is 1. The van der Waals surface area contributed by atoms with E-state index in [9.17, 15) is 4.79 Å². The van der Waals surface area contributed by atoms with E-state index in [0.29, 0.717) is 35.6 Å². The van der Waals surface area contributed by atoms with Crippen molar-refractivity contribution in [2.24, 2.45) is 0 Å². The lowest BCUT2D eigenvalue weighted by Crippen LogP contribution is -2.42. The minimum absolute atomic E-state index is 0.0412. The van der Waals surface area contributed by atoms with E-state index < -0.39 is 0 Å². The molecular weight excluding hydrogens is 476 g/mol. The lowest BCUT2D eigenvalue weighted by molar-refractivity contribution is 0.0630. The van der Waals surface area contributed by atoms with Gasteiger partial charge in [0.15, 0.2) is 0 Å². The van der Waals surface area contributed by atoms with Crippen molar-refractivity contribution in [3.8, 4) is 17.2 Å². The SMILES string of the molecule is CCCN(C(=O)c1cc(Cn2c(N)nc3ccc(Oc4ccccc4)cc32)ccc1OC)C1CCCCC1. The van der Waals surface area contributed by atoms with Gasteiger partial charge in [-0.15, -0.1) is 0 Å². The zero-order valence-corrected chi connectivity index (χ0v) is 22.2. The highest BCUT2D eigenvalue weighted by Gasteiger charge is 2.27. The predicted molar refractivity (Wildman–Crippen MR) is 151 cm³/mol. The van der Waals surface area contributed by atoms with Crippen LogP contribution in [0.2, 0.25) is 0 Å². The second-order valence-electron chi connectivity index (χ2n) is 9.95. The third kappa shape index (κ3) is 5.47. The number of ether oxygens (including phenoxy) is 2. The summed E-state index contributed by atoms with van der Waals surface area (Å²) in [6.45, 7) is 3.35. The van der Waals surface area contributed by atoms with E-state index in [1.807, 2.05) is 71.3 Å². The van der Waals surface area contributed by atoms with E-state index in [4.69, 9.17) is 15.2 Å². The standard InChI is InChI=1S/C31H36N4O3/c1-3-18-34(23-10-6-4-7-11-23)30(36)26-19-22(14-17-29(26)37-2)21-35-28-20-25(15-16-27(28)33-31(35)32)38-24-12-8-5-9-13-24/h5,8-9,12-17,19-20,23H,3-4,6-7,10-11,18,21H2,1-2H3,(H2,32,33). The number of imidazole rings is 1. The van der Waals surface area contributed by atoms with Crippen LogP contribution in [-0.2, 0) is 6.54 Å². The van der Waals surface area contributed by atoms with Gasteiger partial charge >= 0.3 is 0 Å². The minimum atomic E-state index is 0.0412. The first kappa shape index (κ1) is 25.6. The molecule has 4 aromatic rings. The number of para-hydroxylation sites is 1. The van der Waals surface area contributed by atoms with Gasteiger partial charge in [0.25, 0.3) is 5.91 Å². The Morgan fingerprint density at radius 3 is 2.55 bits per heavy atom. The Morgan fingerprint density at radius 2 is 1.82 bits per heavy atom. The summed E-state index contributed by atoms with van der Waals surface area (Å²) in [5, 5.41) is 0. The number of methoxy groups -OCH3 is 1. The normalized spacial score (nSPS) is 13.9. The number of rotatable bonds is 9. The second kappa shape index (κ2) is 11.6. The number of anilines is 1. The zero-order chi connectivity index (χ0) is 26.5. The summed E-state index contributed by atoms with van der Waals surface area (Å²) in [5.74, 6) is 2.52. The van der Waals surface area contributed by atoms with Crippen molar-refractivity contribution in [3.63, 3.8) is 0 Å². The van der Waals surface area contributed by atoms with Gasteiger partial charge in [-0.2, -0.15) is 0 Å². The molecular formula is C31H36N4O3. The van der Waals surface area contributed by atoms with Crippen molar-refractivity contribution < 1.29 is 14.3 Å². The highest BCUT2D eigenvalue weighted by Crippen LogP contribution is 2.30. The number of fused-ring (bicyclic) bond motifs is 1. The number of nitrogens with zero attached hydrogens (tertiary/aromatic N) is 3. The van der Waals surface area contributed by atoms with Gasteiger partial charge in [0.1, 0.15) is 17.2 Å². The van der Waals surface area contributed by atoms with Crippen molar-refractivity contribution >= 4 is 22.9 Å². The molecule has 38 heavy (non-hydrogen) atoms. The van der Waals surface area contributed by atoms with Crippen LogP contribution < -0.4 is 15.2 Å². The Morgan fingerprint density at radius 1 is 1.03 bits per heavy atom. The van der Waals surface area contributed by atoms with Crippen LogP contribution in [0.15, 0.2) is 66.7 Å². The highest BCUT2D eigenvalue weighted by molar-refractivity contribution is 5.97. The lowest BCUT2D eigenvalue weighted by Gasteiger charge is -2.34. The molecule has 7 heteroatoms. The number of benzene rings is 3. The molecule has 0 unspecified atom stereocenters. The third-order valence-corrected chi connectivity index (χ3v) is 7.30. The van der Waals surface area contributed by atoms with Crippen molar-refractivity contribution in [1.29, 1.82) is 0 Å². The first-order valence-electron chi connectivity index (χ1n) is 13.5. The maximum absolute atomic E-state index is 13.9. The number of carbonyl (C=O) groups excluding carboxylic acids is 1. The number of carbonyl (C=O) groups is 1. The summed E-state index contributed by atoms with van der Waals surface area (Å²) < 4.78 is 13.6. The topological polar surface area (TPSA) is 82.6 Å². The average Bonchev–Trinajstić information content (AvgIpc) is 3.26. The molecule has 0 bridgehead atoms. The Bertz CT molecular complexity index is 1390. The molecule has 1 aliphatic carbocycles. The van der Waals surface area contributed by atoms with Gasteiger partial charge in [-0.3, -0.25) is 4.79 Å². The molecule has 2 N–H and O–H groups in total. The number of aromatic nitrogens is 2. The molecule has 1 aromatic heterocycles. The number of nitrogen functional groups attached to an aromatic ring is 1. The van der Waals surface area contributed by atoms with Crippen LogP contribution in [0.25, 0.3) is 11.0 Å². The minimum Gasteiger partial charge on any atom is -0.496 e. The summed E-state index contributed by atoms with van der Waals surface area (Å²) in [6.07, 6.45) is 6.67. The molecule has 7 nitrogen and oxygen atoms in total. The Hall–Kier alpha value is -4.00. The van der Waals surface area contributed by atoms with Gasteiger partial charge in [-0.25, -0.2) is 4.98 Å². The van der Waals surface area contributed by atoms with Crippen LogP contribution in [0.1, 0.15) is 61.4 Å². The van der Waals surface area contributed by atoms with Crippen LogP contribution in [0.3, 0.4) is 0 Å². The Kier molecular flexibility index (Phi) is 7.82. The summed E-state index contributed by atoms with van der Waals surface area (Å²) in [5.41, 5.74) is 9.57. The average molecular weight is 513 g/mol. The smallest absolute Gasteiger partial charge is 0.257 e. The molecule has 0 radical (unpaired) electrons. The number of amides is 1. The van der Waals surface area contributed by atoms with Crippen molar-refractivity contribution in [3.05, 3.63) is 77.9 Å². The molecule has 1 amide bonds. The summed E-state index contributed by atoms with van der Waals surface area (Å²) in [4.78, 5) is 20.5. The maximum atomic E-state index is 13.9. The van der Waals surface area contributed by atoms with Crippen molar-refractivity contribution in [2.45, 2.75) is 58.0 Å². The lowest BCUT2D eigenvalue weighted by atomic mass is 9.93. The monoisotopic (exact) mass is 512 g/mol. The molecule has 1 heterocycles. The van der Waals surface area contributed by atoms with Gasteiger partial charge in [-0.1, -0.05) is 50.5 Å². The molecule has 5 rings (SSSR count). The number of hydrogen-bond acceptors (Lipinski definition) is 5. The molecule has 0 spiro atoms. The third-order valence-electron chi connectivity index (χ3n) is 7.30. The van der Waals surface area contributed by atoms with Crippen LogP contribution in [-0.4, -0.2) is 40.1 Å². The largest absolute Gasteiger partial charge is 0.496 e. The maximum Gasteiger partial charge on any atom is 0.257 e. The van der Waals surface area contributed by atoms with Gasteiger partial charge in [0.05, 0.1) is 30.3 Å². The van der Waals surface area contributed by atoms with Crippen molar-refractivity contribution in [1.82, 2.24) is 14.5 Å². The molecule has 3 aromatic carbocycles. The van der Waals surface area contributed by atoms with Gasteiger partial charge < -0.3 is 24.7 Å². The fourth-order valence-corrected chi connectivity index (χ4v) is 5.42. The second-order valence-corrected chi connectivity index (χ2v) is 9.95. The van der Waals surface area contributed by atoms with E-state index in [2.05, 4.69) is 16.8 Å². The molecule has 1 fully saturated rings. The van der Waals surface area contributed by atoms with Crippen LogP contribution >= 0.6 is 0 Å². The van der Waals surface area contributed by atoms with Crippen LogP contribution in [0.4, 0.5) is 5.95 Å². The molecule has 1 aliphatic rings. The van der Waals surface area contributed by atoms with Gasteiger partial charge in [-0.05, 0) is 61.2 Å². The number of nitrogens with two attached hydrogens (primary N) is 1. The zero-order valence-electron chi connectivity index (χ0n) is 22.2. The van der Waals surface area contributed by atoms with Crippen molar-refractivity contribution in [2.75, 3.05) is 19.4 Å². The van der Waals surface area contributed by atoms with Crippen LogP contribution in [0.5, 0.6) is 17.2 Å². The highest BCUT2D eigenvalue weighted by atomic mass is 16.5. The quantitative estimate of drug-likeness (QED) is 0.271. The Balaban J connectivity index is 1.45. The van der Waals surface area contributed by atoms with E-state index in [0.717, 1.165) is 48.2 Å². The molecule has 0 saturated heterocycles. The van der Waals surface area contributed by atoms with E-state index in [-0.39, 0.29) is 5.91 Å². The predicted octanol–water partition coefficient (Wildman–Crippen LogP) is 6.65. The summed E-state index contributed by atoms with van der Waals surface area (Å²) >= 11 is 0. The molecule has 0 aliphatic heterocycles. The van der Waals surface area contributed by atoms with E-state index in [1.54, 1.807) is 7.11 Å².